The van der Waals surface area contributed by atoms with Crippen molar-refractivity contribution in [2.45, 2.75) is 6.18 Å². The first-order valence-corrected chi connectivity index (χ1v) is 2.68. The summed E-state index contributed by atoms with van der Waals surface area (Å²) in [7, 11) is 0. The smallest absolute Gasteiger partial charge is 0.390 e. The maximum Gasteiger partial charge on any atom is 0.448 e. The topological polar surface area (TPSA) is 71.8 Å². The van der Waals surface area contributed by atoms with Gasteiger partial charge in [0.1, 0.15) is 0 Å². The number of nitrogens with one attached hydrogen (secondary N) is 1. The molecule has 1 heterocycles. The van der Waals surface area contributed by atoms with Crippen molar-refractivity contribution >= 4 is 5.95 Å². The summed E-state index contributed by atoms with van der Waals surface area (Å²) < 4.78 is 35.3. The van der Waals surface area contributed by atoms with Crippen LogP contribution < -0.4 is 0 Å². The Kier molecular flexibility index (Phi) is 1.75. The van der Waals surface area contributed by atoms with E-state index in [4.69, 9.17) is 0 Å². The number of rotatable bonds is 1. The van der Waals surface area contributed by atoms with Gasteiger partial charge in [-0.25, -0.2) is 4.98 Å². The largest absolute Gasteiger partial charge is 0.448 e. The van der Waals surface area contributed by atoms with E-state index in [2.05, 4.69) is 4.98 Å². The molecular weight excluding hydrogens is 179 g/mol. The minimum atomic E-state index is -4.62. The number of imidazole rings is 1. The van der Waals surface area contributed by atoms with Gasteiger partial charge in [0.05, 0.1) is 0 Å². The summed E-state index contributed by atoms with van der Waals surface area (Å²) >= 11 is 0. The third kappa shape index (κ3) is 1.52. The van der Waals surface area contributed by atoms with Gasteiger partial charge in [0.15, 0.2) is 6.20 Å². The lowest BCUT2D eigenvalue weighted by atomic mass is 10.5. The number of nitro groups is 1. The second kappa shape index (κ2) is 2.47. The normalized spacial score (nSPS) is 11.6. The molecular formula is C4H2F3N3O2. The minimum Gasteiger partial charge on any atom is -0.390 e. The number of hydrogen-bond donors (Lipinski definition) is 1. The highest BCUT2D eigenvalue weighted by Gasteiger charge is 2.37. The molecule has 0 bridgehead atoms. The lowest BCUT2D eigenvalue weighted by Crippen LogP contribution is -2.05. The molecule has 66 valence electrons. The number of hydrogen-bond acceptors (Lipinski definition) is 3. The number of aromatic amines is 1. The van der Waals surface area contributed by atoms with Crippen LogP contribution in [0, 0.1) is 10.1 Å². The van der Waals surface area contributed by atoms with E-state index in [0.717, 1.165) is 0 Å². The molecule has 1 N–H and O–H groups in total. The maximum absolute atomic E-state index is 11.8. The summed E-state index contributed by atoms with van der Waals surface area (Å²) in [6.45, 7) is 0. The second-order valence-corrected chi connectivity index (χ2v) is 1.88. The first kappa shape index (κ1) is 8.50. The predicted octanol–water partition coefficient (Wildman–Crippen LogP) is 1.34. The summed E-state index contributed by atoms with van der Waals surface area (Å²) in [4.78, 5) is 13.3. The van der Waals surface area contributed by atoms with Crippen molar-refractivity contribution in [2.24, 2.45) is 0 Å². The Bertz CT molecular complexity index is 305. The lowest BCUT2D eigenvalue weighted by Gasteiger charge is -1.96. The zero-order valence-corrected chi connectivity index (χ0v) is 5.42. The molecule has 0 aromatic carbocycles. The predicted molar refractivity (Wildman–Crippen MR) is 30.2 cm³/mol. The van der Waals surface area contributed by atoms with E-state index in [0.29, 0.717) is 6.20 Å². The van der Waals surface area contributed by atoms with Gasteiger partial charge in [-0.1, -0.05) is 4.98 Å². The number of halogens is 3. The average Bonchev–Trinajstić information content (AvgIpc) is 2.30. The molecule has 0 atom stereocenters. The summed E-state index contributed by atoms with van der Waals surface area (Å²) in [5, 5.41) is 9.89. The van der Waals surface area contributed by atoms with Gasteiger partial charge < -0.3 is 10.1 Å². The third-order valence-electron chi connectivity index (χ3n) is 1.04. The molecule has 5 nitrogen and oxygen atoms in total. The van der Waals surface area contributed by atoms with Crippen LogP contribution in [-0.4, -0.2) is 14.9 Å². The average molecular weight is 181 g/mol. The molecule has 12 heavy (non-hydrogen) atoms. The summed E-state index contributed by atoms with van der Waals surface area (Å²) in [5.74, 6) is -0.915. The molecule has 1 aromatic heterocycles. The van der Waals surface area contributed by atoms with Gasteiger partial charge in [-0.3, -0.25) is 0 Å². The number of aromatic nitrogens is 2. The highest BCUT2D eigenvalue weighted by Crippen LogP contribution is 2.28. The van der Waals surface area contributed by atoms with Gasteiger partial charge in [0.2, 0.25) is 5.69 Å². The molecule has 0 unspecified atom stereocenters. The monoisotopic (exact) mass is 181 g/mol. The Labute approximate surface area is 63.4 Å². The Morgan fingerprint density at radius 3 is 2.42 bits per heavy atom. The van der Waals surface area contributed by atoms with Crippen LogP contribution in [-0.2, 0) is 6.18 Å². The van der Waals surface area contributed by atoms with Gasteiger partial charge in [-0.2, -0.15) is 13.2 Å². The first-order valence-electron chi connectivity index (χ1n) is 2.68. The fourth-order valence-corrected chi connectivity index (χ4v) is 0.548. The highest BCUT2D eigenvalue weighted by atomic mass is 19.4. The molecule has 1 aromatic rings. The quantitative estimate of drug-likeness (QED) is 0.524. The standard InChI is InChI=1S/C4H2F3N3O2/c5-4(6,7)2-1-8-3(9-2)10(11)12/h1H,(H,8,9). The number of H-pyrrole nitrogens is 1. The van der Waals surface area contributed by atoms with Gasteiger partial charge >= 0.3 is 12.1 Å². The molecule has 1 rings (SSSR count). The van der Waals surface area contributed by atoms with Crippen LogP contribution in [0.3, 0.4) is 0 Å². The molecule has 0 spiro atoms. The van der Waals surface area contributed by atoms with E-state index in [1.807, 2.05) is 0 Å². The van der Waals surface area contributed by atoms with E-state index in [9.17, 15) is 23.3 Å². The van der Waals surface area contributed by atoms with Crippen molar-refractivity contribution in [3.63, 3.8) is 0 Å². The summed E-state index contributed by atoms with van der Waals surface area (Å²) in [6, 6.07) is 0. The highest BCUT2D eigenvalue weighted by molar-refractivity contribution is 5.12. The van der Waals surface area contributed by atoms with Crippen molar-refractivity contribution in [2.75, 3.05) is 0 Å². The van der Waals surface area contributed by atoms with Crippen LogP contribution in [0.4, 0.5) is 19.1 Å². The molecule has 0 radical (unpaired) electrons. The van der Waals surface area contributed by atoms with Crippen LogP contribution in [0.1, 0.15) is 5.69 Å². The number of alkyl halides is 3. The van der Waals surface area contributed by atoms with Gasteiger partial charge in [-0.15, -0.1) is 0 Å². The molecule has 0 aliphatic carbocycles. The van der Waals surface area contributed by atoms with Crippen LogP contribution in [0.2, 0.25) is 0 Å². The van der Waals surface area contributed by atoms with E-state index < -0.39 is 22.7 Å². The van der Waals surface area contributed by atoms with Gasteiger partial charge in [-0.05, 0) is 4.92 Å². The molecule has 0 saturated heterocycles. The summed E-state index contributed by atoms with van der Waals surface area (Å²) in [5.41, 5.74) is -1.23. The molecule has 0 fully saturated rings. The van der Waals surface area contributed by atoms with E-state index in [-0.39, 0.29) is 0 Å². The van der Waals surface area contributed by atoms with Crippen LogP contribution >= 0.6 is 0 Å². The first-order chi connectivity index (χ1) is 5.41. The van der Waals surface area contributed by atoms with E-state index in [1.54, 1.807) is 0 Å². The van der Waals surface area contributed by atoms with Crippen molar-refractivity contribution < 1.29 is 18.1 Å². The summed E-state index contributed by atoms with van der Waals surface area (Å²) in [6.07, 6.45) is -4.25. The van der Waals surface area contributed by atoms with E-state index in [1.165, 1.54) is 4.98 Å². The molecule has 0 aliphatic rings. The van der Waals surface area contributed by atoms with E-state index >= 15 is 0 Å². The maximum atomic E-state index is 11.8. The fourth-order valence-electron chi connectivity index (χ4n) is 0.548. The van der Waals surface area contributed by atoms with Crippen LogP contribution in [0.15, 0.2) is 6.20 Å². The molecule has 8 heteroatoms. The van der Waals surface area contributed by atoms with Crippen molar-refractivity contribution in [1.29, 1.82) is 0 Å². The molecule has 0 aliphatic heterocycles. The van der Waals surface area contributed by atoms with Gasteiger partial charge in [0.25, 0.3) is 0 Å². The van der Waals surface area contributed by atoms with Gasteiger partial charge in [0, 0.05) is 0 Å². The van der Waals surface area contributed by atoms with Crippen LogP contribution in [0.5, 0.6) is 0 Å². The SMILES string of the molecule is O=[N+]([O-])c1ncc(C(F)(F)F)[nH]1. The fraction of sp³-hybridized carbons (Fsp3) is 0.250. The Balaban J connectivity index is 3.00. The van der Waals surface area contributed by atoms with Crippen molar-refractivity contribution in [1.82, 2.24) is 9.97 Å². The zero-order valence-electron chi connectivity index (χ0n) is 5.42. The minimum absolute atomic E-state index is 0.373. The van der Waals surface area contributed by atoms with Crippen molar-refractivity contribution in [3.05, 3.63) is 22.0 Å². The molecule has 0 saturated carbocycles. The third-order valence-corrected chi connectivity index (χ3v) is 1.04. The van der Waals surface area contributed by atoms with Crippen LogP contribution in [0.25, 0.3) is 0 Å². The van der Waals surface area contributed by atoms with Crippen molar-refractivity contribution in [3.8, 4) is 0 Å². The number of nitrogens with zero attached hydrogens (tertiary/aromatic N) is 2. The Hall–Kier alpha value is -1.60. The molecule has 0 amide bonds. The lowest BCUT2D eigenvalue weighted by molar-refractivity contribution is -0.394. The second-order valence-electron chi connectivity index (χ2n) is 1.88. The Morgan fingerprint density at radius 2 is 2.17 bits per heavy atom. The Morgan fingerprint density at radius 1 is 1.58 bits per heavy atom. The zero-order chi connectivity index (χ0) is 9.35.